The van der Waals surface area contributed by atoms with Gasteiger partial charge in [-0.3, -0.25) is 28.5 Å². The molecule has 5 amide bonds. The van der Waals surface area contributed by atoms with Gasteiger partial charge in [0.15, 0.2) is 62.9 Å². The molecule has 10 saturated heterocycles. The minimum Gasteiger partial charge on any atom is -0.394 e. The van der Waals surface area contributed by atoms with Crippen LogP contribution in [0.1, 0.15) is 41.5 Å². The highest BCUT2D eigenvalue weighted by Gasteiger charge is 2.62. The number of carbonyl (C=O) groups excluding carboxylic acids is 5. The average molecular weight is 1910 g/mol. The summed E-state index contributed by atoms with van der Waals surface area (Å²) in [6, 6.07) is -9.91. The van der Waals surface area contributed by atoms with Crippen molar-refractivity contribution in [1.29, 1.82) is 0 Å². The minimum atomic E-state index is -5.55. The van der Waals surface area contributed by atoms with Gasteiger partial charge < -0.3 is 244 Å². The van der Waals surface area contributed by atoms with E-state index in [1.807, 2.05) is 0 Å². The fourth-order valence-electron chi connectivity index (χ4n) is 16.4. The first kappa shape index (κ1) is 107. The monoisotopic (exact) mass is 1910 g/mol. The minimum absolute atomic E-state index is 0.861. The molecule has 0 bridgehead atoms. The van der Waals surface area contributed by atoms with Gasteiger partial charge in [0.25, 0.3) is 0 Å². The van der Waals surface area contributed by atoms with Crippen LogP contribution in [0.5, 0.6) is 0 Å². The van der Waals surface area contributed by atoms with Crippen LogP contribution in [0.3, 0.4) is 0 Å². The lowest BCUT2D eigenvalue weighted by Gasteiger charge is -2.51. The zero-order chi connectivity index (χ0) is 95.3. The molecule has 59 heteroatoms. The Kier molecular flexibility index (Phi) is 38.0. The molecule has 0 aromatic carbocycles. The first-order valence-corrected chi connectivity index (χ1v) is 42.0. The summed E-state index contributed by atoms with van der Waals surface area (Å²) in [5.41, 5.74) is 0. The van der Waals surface area contributed by atoms with Crippen molar-refractivity contribution in [3.63, 3.8) is 0 Å². The third-order valence-corrected chi connectivity index (χ3v) is 23.5. The number of aliphatic hydroxyl groups is 25. The number of carbonyl (C=O) groups is 5. The molecule has 10 heterocycles. The van der Waals surface area contributed by atoms with Crippen molar-refractivity contribution in [2.24, 2.45) is 0 Å². The summed E-state index contributed by atoms with van der Waals surface area (Å²) in [5, 5.41) is 293. The van der Waals surface area contributed by atoms with Crippen LogP contribution in [0.15, 0.2) is 0 Å². The predicted octanol–water partition coefficient (Wildman–Crippen LogP) is -21.2. The molecule has 10 aliphatic heterocycles. The van der Waals surface area contributed by atoms with E-state index in [0.717, 1.165) is 34.6 Å². The van der Waals surface area contributed by atoms with Crippen LogP contribution < -0.4 is 26.6 Å². The van der Waals surface area contributed by atoms with Crippen molar-refractivity contribution in [2.45, 2.75) is 348 Å². The first-order valence-electron chi connectivity index (χ1n) is 40.6. The Morgan fingerprint density at radius 2 is 0.543 bits per heavy atom. The van der Waals surface area contributed by atoms with E-state index in [-0.39, 0.29) is 0 Å². The molecule has 1 unspecified atom stereocenters. The predicted molar refractivity (Wildman–Crippen MR) is 397 cm³/mol. The number of rotatable bonds is 34. The molecule has 50 atom stereocenters. The van der Waals surface area contributed by atoms with Gasteiger partial charge in [-0.15, -0.1) is 0 Å². The molecular weight excluding hydrogens is 1790 g/mol. The molecule has 10 rings (SSSR count). The fraction of sp³-hybridized carbons (Fsp3) is 0.929. The average Bonchev–Trinajstić information content (AvgIpc) is 0.763. The zero-order valence-electron chi connectivity index (χ0n) is 69.3. The number of aliphatic hydroxyl groups excluding tert-OH is 25. The number of hydrogen-bond acceptors (Lipinski definition) is 52. The quantitative estimate of drug-likeness (QED) is 0.0266. The number of hydrogen-bond donors (Lipinski definition) is 31. The molecule has 0 spiro atoms. The summed E-state index contributed by atoms with van der Waals surface area (Å²) >= 11 is 0. The topological polar surface area (TPSA) is 890 Å². The SMILES string of the molecule is CC(=O)N[C@@H]1[C@H](O[C@@H]2[C@@H](O[C@@H]3[C@H](O)[C@H](O[C@H]4[C@H](O)[C@@H](NC(C)=O)[C@H](O[C@H]5[C@H](O)[C@@H](NC(C)=O)C(O)O[C@@H]5CO[C@@H]5O[C@@H](C)[C@@H](O)[C@@H](O)[C@@H]5O)O[C@@H]4CO)O[C@H](CO[C@H]4O[C@H](CO)[C@@H](O)[C@H](O)[C@@H]4O[C@@H]4O[C@H](CO)[C@@H](O[C@@H]5O[C@H](CO)[C@H](O)[C@H](O)[C@H]5O)[C@H](O)[C@H]4NC(C)=O)[C@H]3O)O[C@H](CO)[C@@H](O)[C@@H]2O)O[C@H](CO)[C@@H](O[C@@H]2O[C@H](CO)[C@H](O)[C@H](OS(=O)(=O)O)[C@H]2NC(C)=O)[C@@H]1O. The second-order valence-electron chi connectivity index (χ2n) is 32.2. The lowest BCUT2D eigenvalue weighted by Crippen LogP contribution is -2.71. The van der Waals surface area contributed by atoms with Crippen molar-refractivity contribution in [1.82, 2.24) is 26.6 Å². The largest absolute Gasteiger partial charge is 0.397 e. The van der Waals surface area contributed by atoms with Gasteiger partial charge in [0, 0.05) is 34.6 Å². The Hall–Kier alpha value is -4.54. The number of amides is 5. The summed E-state index contributed by atoms with van der Waals surface area (Å²) in [4.78, 5) is 64.5. The highest BCUT2D eigenvalue weighted by Crippen LogP contribution is 2.41. The maximum absolute atomic E-state index is 13.3. The summed E-state index contributed by atoms with van der Waals surface area (Å²) in [7, 11) is -5.55. The molecule has 0 saturated carbocycles. The van der Waals surface area contributed by atoms with E-state index in [1.165, 1.54) is 6.92 Å². The molecule has 0 radical (unpaired) electrons. The smallest absolute Gasteiger partial charge is 0.394 e. The fourth-order valence-corrected chi connectivity index (χ4v) is 16.9. The Balaban J connectivity index is 0.995. The first-order chi connectivity index (χ1) is 60.7. The molecule has 10 aliphatic rings. The normalized spacial score (nSPS) is 47.7. The molecule has 31 N–H and O–H groups in total. The van der Waals surface area contributed by atoms with Gasteiger partial charge in [0.1, 0.15) is 238 Å². The molecular formula is C70H117N5O53S. The van der Waals surface area contributed by atoms with Gasteiger partial charge in [0.2, 0.25) is 29.5 Å². The van der Waals surface area contributed by atoms with Gasteiger partial charge in [0.05, 0.1) is 65.6 Å². The molecule has 0 aromatic heterocycles. The maximum atomic E-state index is 13.3. The molecule has 746 valence electrons. The van der Waals surface area contributed by atoms with E-state index in [4.69, 9.17) is 90.0 Å². The van der Waals surface area contributed by atoms with Crippen LogP contribution in [-0.2, 0) is 129 Å². The van der Waals surface area contributed by atoms with E-state index in [1.54, 1.807) is 0 Å². The van der Waals surface area contributed by atoms with E-state index in [2.05, 4.69) is 30.8 Å². The van der Waals surface area contributed by atoms with Crippen molar-refractivity contribution in [3.05, 3.63) is 0 Å². The molecule has 10 fully saturated rings. The van der Waals surface area contributed by atoms with E-state index >= 15 is 0 Å². The summed E-state index contributed by atoms with van der Waals surface area (Å²) in [6.07, 6.45) is -95.8. The molecule has 58 nitrogen and oxygen atoms in total. The summed E-state index contributed by atoms with van der Waals surface area (Å²) < 4.78 is 152. The number of ether oxygens (including phenoxy) is 19. The van der Waals surface area contributed by atoms with E-state index in [9.17, 15) is 165 Å². The van der Waals surface area contributed by atoms with E-state index in [0.29, 0.717) is 0 Å². The Morgan fingerprint density at radius 3 is 0.977 bits per heavy atom. The molecule has 129 heavy (non-hydrogen) atoms. The molecule has 0 aliphatic carbocycles. The third-order valence-electron chi connectivity index (χ3n) is 23.0. The van der Waals surface area contributed by atoms with Crippen LogP contribution in [0.4, 0.5) is 0 Å². The van der Waals surface area contributed by atoms with Gasteiger partial charge in [-0.05, 0) is 6.92 Å². The zero-order valence-corrected chi connectivity index (χ0v) is 70.1. The van der Waals surface area contributed by atoms with Crippen LogP contribution in [0.2, 0.25) is 0 Å². The second-order valence-corrected chi connectivity index (χ2v) is 33.3. The second kappa shape index (κ2) is 46.1. The van der Waals surface area contributed by atoms with Crippen LogP contribution in [0.25, 0.3) is 0 Å². The van der Waals surface area contributed by atoms with Crippen LogP contribution >= 0.6 is 0 Å². The number of nitrogens with one attached hydrogen (secondary N) is 5. The van der Waals surface area contributed by atoms with Crippen molar-refractivity contribution < 1.29 is 259 Å². The lowest BCUT2D eigenvalue weighted by molar-refractivity contribution is -0.398. The molecule has 0 aromatic rings. The van der Waals surface area contributed by atoms with Crippen molar-refractivity contribution >= 4 is 39.9 Å². The Bertz CT molecular complexity index is 3700. The van der Waals surface area contributed by atoms with Gasteiger partial charge >= 0.3 is 10.4 Å². The standard InChI is InChI=1S/C70H117N5O53S/c1-16-36(88)46(98)50(102)66(111-16)109-15-30-56(42(94)31(61(105)112-30)71-17(2)83)122-62-32(72-18(3)84)44(96)55(28(13-82)117-62)124-68-52(104)58(41(93)29(120-68)14-110-69-59(48(100)38(90)23(8-77)115-69)126-63-34(74-20(5)86)45(97)54(27(12-81)119-63)123-67-51(103)47(99)37(89)22(7-76)114-67)125-70-60(49(101)39(91)24(9-78)116-70)127-64-33(73-19(4)85)43(95)53(26(11-80)118-64)121-65-35(75-21(6)87)57(128-129(106,107)108)40(92)25(10-79)113-65/h16,22-70,76-82,88-105H,7-15H2,1-6H3,(H,71,83)(H,72,84)(H,73,85)(H,74,86)(H,75,87)(H,106,107,108)/t16-,22+,23+,24+,25+,26+,27+,28+,29+,30+,31+,32+,33-,34+,35+,36+,37-,38+,39+,40-,41+,42+,43+,44+,45+,46+,47-,48-,49-,50-,51+,52-,53+,54+,55+,56+,57+,58-,59-,60-,61?,62-,63-,64-,65-,66+,67-,68-,69-,70+/m0/s1. The Morgan fingerprint density at radius 1 is 0.256 bits per heavy atom. The van der Waals surface area contributed by atoms with Crippen molar-refractivity contribution in [3.8, 4) is 0 Å². The maximum Gasteiger partial charge on any atom is 0.397 e. The highest BCUT2D eigenvalue weighted by molar-refractivity contribution is 7.80. The summed E-state index contributed by atoms with van der Waals surface area (Å²) in [5.74, 6) is -4.90. The van der Waals surface area contributed by atoms with Crippen molar-refractivity contribution in [2.75, 3.05) is 59.5 Å². The van der Waals surface area contributed by atoms with Gasteiger partial charge in [-0.1, -0.05) is 0 Å². The van der Waals surface area contributed by atoms with Gasteiger partial charge in [-0.2, -0.15) is 8.42 Å². The van der Waals surface area contributed by atoms with Crippen LogP contribution in [0, 0.1) is 0 Å². The van der Waals surface area contributed by atoms with Crippen LogP contribution in [-0.4, -0.2) is 536 Å². The van der Waals surface area contributed by atoms with Gasteiger partial charge in [-0.25, -0.2) is 4.18 Å². The Labute approximate surface area is 730 Å². The lowest BCUT2D eigenvalue weighted by atomic mass is 9.93. The highest BCUT2D eigenvalue weighted by atomic mass is 32.3. The third kappa shape index (κ3) is 24.5. The van der Waals surface area contributed by atoms with E-state index < -0.39 is 406 Å². The summed E-state index contributed by atoms with van der Waals surface area (Å²) in [6.45, 7) is -4.56.